The second-order valence-electron chi connectivity index (χ2n) is 13.7. The molecule has 0 aromatic rings. The maximum absolute atomic E-state index is 12.6. The Morgan fingerprint density at radius 2 is 0.778 bits per heavy atom. The molecule has 0 aliphatic carbocycles. The van der Waals surface area contributed by atoms with Gasteiger partial charge in [0.1, 0.15) is 13.2 Å². The Morgan fingerprint density at radius 1 is 0.444 bits per heavy atom. The molecular formula is C39H74O6. The molecule has 0 fully saturated rings. The number of rotatable bonds is 33. The van der Waals surface area contributed by atoms with Crippen LogP contribution >= 0.6 is 0 Å². The molecule has 45 heavy (non-hydrogen) atoms. The van der Waals surface area contributed by atoms with Crippen molar-refractivity contribution in [3.63, 3.8) is 0 Å². The van der Waals surface area contributed by atoms with Crippen LogP contribution in [0.1, 0.15) is 202 Å². The standard InChI is InChI=1S/C39H74O6/c1-6-9-10-17-24-29-37(40)43-32-36(33-44-38(41)30-25-20-16-15-19-23-28-35(5)8-3)45-39(42)31-26-21-14-12-11-13-18-22-27-34(4)7-2/h34-36H,6-33H2,1-5H3/t34?,35?,36-/m0/s1. The van der Waals surface area contributed by atoms with E-state index >= 15 is 0 Å². The van der Waals surface area contributed by atoms with E-state index in [9.17, 15) is 14.4 Å². The van der Waals surface area contributed by atoms with Crippen LogP contribution in [0.3, 0.4) is 0 Å². The Bertz CT molecular complexity index is 693. The summed E-state index contributed by atoms with van der Waals surface area (Å²) in [5.41, 5.74) is 0. The summed E-state index contributed by atoms with van der Waals surface area (Å²) < 4.78 is 16.5. The number of hydrogen-bond acceptors (Lipinski definition) is 6. The van der Waals surface area contributed by atoms with Crippen molar-refractivity contribution in [1.29, 1.82) is 0 Å². The molecule has 0 aliphatic heterocycles. The summed E-state index contributed by atoms with van der Waals surface area (Å²) in [6, 6.07) is 0. The molecule has 0 aromatic carbocycles. The third kappa shape index (κ3) is 30.8. The van der Waals surface area contributed by atoms with E-state index in [1.807, 2.05) is 0 Å². The second kappa shape index (κ2) is 32.4. The van der Waals surface area contributed by atoms with Crippen molar-refractivity contribution in [3.05, 3.63) is 0 Å². The van der Waals surface area contributed by atoms with E-state index in [-0.39, 0.29) is 31.1 Å². The minimum atomic E-state index is -0.758. The van der Waals surface area contributed by atoms with E-state index in [2.05, 4.69) is 34.6 Å². The van der Waals surface area contributed by atoms with Crippen LogP contribution in [-0.2, 0) is 28.6 Å². The summed E-state index contributed by atoms with van der Waals surface area (Å²) in [6.07, 6.45) is 26.8. The summed E-state index contributed by atoms with van der Waals surface area (Å²) >= 11 is 0. The van der Waals surface area contributed by atoms with Crippen LogP contribution in [0.25, 0.3) is 0 Å². The molecule has 0 saturated carbocycles. The highest BCUT2D eigenvalue weighted by Gasteiger charge is 2.19. The highest BCUT2D eigenvalue weighted by atomic mass is 16.6. The summed E-state index contributed by atoms with van der Waals surface area (Å²) in [5.74, 6) is 0.774. The molecule has 2 unspecified atom stereocenters. The van der Waals surface area contributed by atoms with Gasteiger partial charge in [-0.1, -0.05) is 163 Å². The van der Waals surface area contributed by atoms with Gasteiger partial charge in [-0.2, -0.15) is 0 Å². The van der Waals surface area contributed by atoms with Crippen molar-refractivity contribution >= 4 is 17.9 Å². The predicted octanol–water partition coefficient (Wildman–Crippen LogP) is 11.5. The SMILES string of the molecule is CCCCCCCC(=O)OC[C@@H](COC(=O)CCCCCCCCC(C)CC)OC(=O)CCCCCCCCCCC(C)CC. The number of unbranched alkanes of at least 4 members (excludes halogenated alkanes) is 16. The van der Waals surface area contributed by atoms with Crippen molar-refractivity contribution in [1.82, 2.24) is 0 Å². The van der Waals surface area contributed by atoms with Gasteiger partial charge in [0.05, 0.1) is 0 Å². The van der Waals surface area contributed by atoms with E-state index in [0.717, 1.165) is 76.0 Å². The lowest BCUT2D eigenvalue weighted by Gasteiger charge is -2.18. The molecule has 0 spiro atoms. The number of hydrogen-bond donors (Lipinski definition) is 0. The van der Waals surface area contributed by atoms with Crippen LogP contribution in [0, 0.1) is 11.8 Å². The fourth-order valence-electron chi connectivity index (χ4n) is 5.45. The first-order valence-corrected chi connectivity index (χ1v) is 19.3. The summed E-state index contributed by atoms with van der Waals surface area (Å²) in [6.45, 7) is 11.2. The van der Waals surface area contributed by atoms with Crippen LogP contribution in [0.4, 0.5) is 0 Å². The number of carbonyl (C=O) groups is 3. The van der Waals surface area contributed by atoms with Gasteiger partial charge in [-0.25, -0.2) is 0 Å². The van der Waals surface area contributed by atoms with Gasteiger partial charge in [-0.05, 0) is 31.1 Å². The third-order valence-corrected chi connectivity index (χ3v) is 9.19. The van der Waals surface area contributed by atoms with Crippen molar-refractivity contribution < 1.29 is 28.6 Å². The smallest absolute Gasteiger partial charge is 0.306 e. The van der Waals surface area contributed by atoms with Gasteiger partial charge in [-0.15, -0.1) is 0 Å². The average molecular weight is 639 g/mol. The molecule has 6 nitrogen and oxygen atoms in total. The zero-order valence-corrected chi connectivity index (χ0v) is 30.5. The molecule has 0 heterocycles. The highest BCUT2D eigenvalue weighted by molar-refractivity contribution is 5.71. The minimum Gasteiger partial charge on any atom is -0.462 e. The highest BCUT2D eigenvalue weighted by Crippen LogP contribution is 2.16. The van der Waals surface area contributed by atoms with Crippen molar-refractivity contribution in [2.24, 2.45) is 11.8 Å². The Kier molecular flexibility index (Phi) is 31.2. The summed E-state index contributed by atoms with van der Waals surface area (Å²) in [7, 11) is 0. The van der Waals surface area contributed by atoms with Crippen molar-refractivity contribution in [2.75, 3.05) is 13.2 Å². The Balaban J connectivity index is 4.32. The van der Waals surface area contributed by atoms with Crippen LogP contribution in [0.5, 0.6) is 0 Å². The molecule has 0 saturated heterocycles. The first kappa shape index (κ1) is 43.4. The van der Waals surface area contributed by atoms with E-state index < -0.39 is 6.10 Å². The summed E-state index contributed by atoms with van der Waals surface area (Å²) in [5, 5.41) is 0. The number of esters is 3. The quantitative estimate of drug-likeness (QED) is 0.0404. The van der Waals surface area contributed by atoms with Gasteiger partial charge in [-0.3, -0.25) is 14.4 Å². The van der Waals surface area contributed by atoms with Crippen molar-refractivity contribution in [3.8, 4) is 0 Å². The average Bonchev–Trinajstić information content (AvgIpc) is 3.03. The van der Waals surface area contributed by atoms with Crippen LogP contribution < -0.4 is 0 Å². The van der Waals surface area contributed by atoms with Crippen LogP contribution in [0.15, 0.2) is 0 Å². The van der Waals surface area contributed by atoms with Gasteiger partial charge < -0.3 is 14.2 Å². The molecule has 266 valence electrons. The zero-order valence-electron chi connectivity index (χ0n) is 30.5. The topological polar surface area (TPSA) is 78.9 Å². The van der Waals surface area contributed by atoms with Gasteiger partial charge in [0.25, 0.3) is 0 Å². The number of ether oxygens (including phenoxy) is 3. The zero-order chi connectivity index (χ0) is 33.4. The summed E-state index contributed by atoms with van der Waals surface area (Å²) in [4.78, 5) is 37.2. The fraction of sp³-hybridized carbons (Fsp3) is 0.923. The molecule has 0 rings (SSSR count). The van der Waals surface area contributed by atoms with Gasteiger partial charge in [0.15, 0.2) is 6.10 Å². The lowest BCUT2D eigenvalue weighted by atomic mass is 9.99. The maximum atomic E-state index is 12.6. The molecule has 0 N–H and O–H groups in total. The lowest BCUT2D eigenvalue weighted by Crippen LogP contribution is -2.30. The monoisotopic (exact) mass is 639 g/mol. The van der Waals surface area contributed by atoms with Crippen LogP contribution in [0.2, 0.25) is 0 Å². The van der Waals surface area contributed by atoms with E-state index in [4.69, 9.17) is 14.2 Å². The lowest BCUT2D eigenvalue weighted by molar-refractivity contribution is -0.167. The molecule has 0 aliphatic rings. The minimum absolute atomic E-state index is 0.0685. The molecule has 6 heteroatoms. The van der Waals surface area contributed by atoms with Gasteiger partial charge >= 0.3 is 17.9 Å². The maximum Gasteiger partial charge on any atom is 0.306 e. The van der Waals surface area contributed by atoms with Gasteiger partial charge in [0, 0.05) is 19.3 Å². The van der Waals surface area contributed by atoms with E-state index in [1.165, 1.54) is 83.5 Å². The first-order chi connectivity index (χ1) is 21.8. The predicted molar refractivity (Wildman–Crippen MR) is 187 cm³/mol. The fourth-order valence-corrected chi connectivity index (χ4v) is 5.45. The molecular weight excluding hydrogens is 564 g/mol. The largest absolute Gasteiger partial charge is 0.462 e. The van der Waals surface area contributed by atoms with Crippen LogP contribution in [-0.4, -0.2) is 37.2 Å². The third-order valence-electron chi connectivity index (χ3n) is 9.19. The molecule has 0 bridgehead atoms. The normalized spacial score (nSPS) is 13.3. The molecule has 3 atom stereocenters. The van der Waals surface area contributed by atoms with Crippen molar-refractivity contribution in [2.45, 2.75) is 208 Å². The second-order valence-corrected chi connectivity index (χ2v) is 13.7. The first-order valence-electron chi connectivity index (χ1n) is 19.3. The van der Waals surface area contributed by atoms with Gasteiger partial charge in [0.2, 0.25) is 0 Å². The Morgan fingerprint density at radius 3 is 1.16 bits per heavy atom. The Labute approximate surface area is 278 Å². The van der Waals surface area contributed by atoms with E-state index in [1.54, 1.807) is 0 Å². The molecule has 0 radical (unpaired) electrons. The van der Waals surface area contributed by atoms with E-state index in [0.29, 0.717) is 19.3 Å². The molecule has 0 amide bonds. The molecule has 0 aromatic heterocycles. The Hall–Kier alpha value is -1.59. The number of carbonyl (C=O) groups excluding carboxylic acids is 3.